The first kappa shape index (κ1) is 32.4. The fraction of sp³-hybridized carbons (Fsp3) is 0.486. The second-order valence-electron chi connectivity index (χ2n) is 13.3. The number of carbonyl (C=O) groups excluding carboxylic acids is 2. The number of likely N-dealkylation sites (tertiary alicyclic amines) is 2. The average Bonchev–Trinajstić information content (AvgIpc) is 3.46. The third kappa shape index (κ3) is 6.48. The SMILES string of the molecule is Cc1cc(C[C@@H](OC(=O)N2CCC(n3c(=O)[nH]c4c5ccccc5ncc43)CC2)C(=O)N2CCC(N3CCNCC3)CC2)cc(Cl)c1N. The molecule has 1 atom stereocenters. The molecule has 3 aliphatic rings. The average molecular weight is 675 g/mol. The molecule has 0 spiro atoms. The number of ether oxygens (including phenoxy) is 1. The molecule has 3 fully saturated rings. The van der Waals surface area contributed by atoms with E-state index in [9.17, 15) is 14.4 Å². The number of imidazole rings is 1. The Morgan fingerprint density at radius 2 is 1.69 bits per heavy atom. The zero-order valence-electron chi connectivity index (χ0n) is 27.3. The number of amides is 2. The van der Waals surface area contributed by atoms with Crippen molar-refractivity contribution in [3.63, 3.8) is 0 Å². The Labute approximate surface area is 284 Å². The fourth-order valence-electron chi connectivity index (χ4n) is 7.63. The molecule has 7 rings (SSSR count). The predicted octanol–water partition coefficient (Wildman–Crippen LogP) is 3.70. The maximum absolute atomic E-state index is 14.0. The van der Waals surface area contributed by atoms with E-state index >= 15 is 0 Å². The van der Waals surface area contributed by atoms with Crippen LogP contribution in [0.3, 0.4) is 0 Å². The second-order valence-corrected chi connectivity index (χ2v) is 13.7. The number of hydrogen-bond donors (Lipinski definition) is 3. The number of H-pyrrole nitrogens is 1. The standard InChI is InChI=1S/C35H43ClN8O4/c1-22-18-23(19-27(36)31(22)37)20-30(33(45)42-12-6-24(7-13-42)41-16-10-38-11-17-41)48-35(47)43-14-8-25(9-15-43)44-29-21-39-28-5-3-2-4-26(28)32(29)40-34(44)46/h2-5,18-19,21,24-25,30,38H,6-17,20,37H2,1H3,(H,40,46)/t30-/m1/s1. The van der Waals surface area contributed by atoms with Gasteiger partial charge in [0.25, 0.3) is 5.91 Å². The highest BCUT2D eigenvalue weighted by atomic mass is 35.5. The van der Waals surface area contributed by atoms with Crippen molar-refractivity contribution in [2.75, 3.05) is 58.1 Å². The summed E-state index contributed by atoms with van der Waals surface area (Å²) in [7, 11) is 0. The Bertz CT molecular complexity index is 1850. The lowest BCUT2D eigenvalue weighted by atomic mass is 10.00. The number of nitrogen functional groups attached to an aromatic ring is 1. The monoisotopic (exact) mass is 674 g/mol. The summed E-state index contributed by atoms with van der Waals surface area (Å²) in [4.78, 5) is 54.4. The van der Waals surface area contributed by atoms with Crippen LogP contribution < -0.4 is 16.7 Å². The number of nitrogens with one attached hydrogen (secondary N) is 2. The third-order valence-electron chi connectivity index (χ3n) is 10.3. The molecule has 48 heavy (non-hydrogen) atoms. The molecule has 12 nitrogen and oxygen atoms in total. The van der Waals surface area contributed by atoms with Gasteiger partial charge in [-0.25, -0.2) is 9.59 Å². The van der Waals surface area contributed by atoms with Gasteiger partial charge in [0.2, 0.25) is 0 Å². The van der Waals surface area contributed by atoms with Crippen LogP contribution in [0.2, 0.25) is 5.02 Å². The fourth-order valence-corrected chi connectivity index (χ4v) is 7.92. The van der Waals surface area contributed by atoms with Crippen LogP contribution in [0.1, 0.15) is 42.9 Å². The number of piperazine rings is 1. The highest BCUT2D eigenvalue weighted by Crippen LogP contribution is 2.29. The molecule has 0 unspecified atom stereocenters. The summed E-state index contributed by atoms with van der Waals surface area (Å²) in [5.41, 5.74) is 10.3. The minimum Gasteiger partial charge on any atom is -0.436 e. The smallest absolute Gasteiger partial charge is 0.410 e. The highest BCUT2D eigenvalue weighted by Gasteiger charge is 2.35. The zero-order valence-corrected chi connectivity index (χ0v) is 28.0. The highest BCUT2D eigenvalue weighted by molar-refractivity contribution is 6.33. The Hall–Kier alpha value is -4.13. The van der Waals surface area contributed by atoms with Gasteiger partial charge in [0.15, 0.2) is 6.10 Å². The van der Waals surface area contributed by atoms with Gasteiger partial charge in [-0.15, -0.1) is 0 Å². The Kier molecular flexibility index (Phi) is 9.30. The molecule has 5 heterocycles. The number of nitrogens with zero attached hydrogens (tertiary/aromatic N) is 5. The first-order valence-electron chi connectivity index (χ1n) is 17.0. The maximum Gasteiger partial charge on any atom is 0.410 e. The van der Waals surface area contributed by atoms with Crippen LogP contribution in [0.5, 0.6) is 0 Å². The van der Waals surface area contributed by atoms with Crippen molar-refractivity contribution in [2.24, 2.45) is 0 Å². The van der Waals surface area contributed by atoms with Gasteiger partial charge < -0.3 is 30.6 Å². The molecule has 254 valence electrons. The molecule has 0 aliphatic carbocycles. The first-order chi connectivity index (χ1) is 23.3. The van der Waals surface area contributed by atoms with Crippen LogP contribution in [0.15, 0.2) is 47.4 Å². The number of rotatable bonds is 6. The zero-order chi connectivity index (χ0) is 33.4. The van der Waals surface area contributed by atoms with Crippen molar-refractivity contribution in [1.29, 1.82) is 0 Å². The number of pyridine rings is 1. The van der Waals surface area contributed by atoms with Gasteiger partial charge >= 0.3 is 11.8 Å². The molecule has 0 radical (unpaired) electrons. The molecule has 2 aromatic carbocycles. The molecule has 13 heteroatoms. The van der Waals surface area contributed by atoms with Crippen LogP contribution in [0, 0.1) is 6.92 Å². The van der Waals surface area contributed by atoms with Gasteiger partial charge in [-0.3, -0.25) is 19.2 Å². The molecule has 2 amide bonds. The van der Waals surface area contributed by atoms with Crippen LogP contribution >= 0.6 is 11.6 Å². The number of aromatic amines is 1. The van der Waals surface area contributed by atoms with E-state index in [4.69, 9.17) is 22.1 Å². The van der Waals surface area contributed by atoms with Gasteiger partial charge in [-0.05, 0) is 55.9 Å². The molecular weight excluding hydrogens is 632 g/mol. The van der Waals surface area contributed by atoms with Crippen LogP contribution in [0.25, 0.3) is 21.9 Å². The molecule has 4 N–H and O–H groups in total. The van der Waals surface area contributed by atoms with E-state index in [1.807, 2.05) is 42.2 Å². The van der Waals surface area contributed by atoms with E-state index < -0.39 is 12.2 Å². The van der Waals surface area contributed by atoms with Crippen LogP contribution in [0.4, 0.5) is 10.5 Å². The quantitative estimate of drug-likeness (QED) is 0.263. The van der Waals surface area contributed by atoms with Gasteiger partial charge in [-0.2, -0.15) is 0 Å². The minimum absolute atomic E-state index is 0.104. The number of anilines is 1. The van der Waals surface area contributed by atoms with E-state index in [1.165, 1.54) is 0 Å². The Morgan fingerprint density at radius 1 is 1.00 bits per heavy atom. The molecule has 2 aromatic heterocycles. The Morgan fingerprint density at radius 3 is 2.42 bits per heavy atom. The molecular formula is C35H43ClN8O4. The van der Waals surface area contributed by atoms with E-state index in [2.05, 4.69) is 20.2 Å². The van der Waals surface area contributed by atoms with Gasteiger partial charge in [-0.1, -0.05) is 35.9 Å². The number of nitrogens with two attached hydrogens (primary N) is 1. The summed E-state index contributed by atoms with van der Waals surface area (Å²) >= 11 is 6.40. The van der Waals surface area contributed by atoms with Crippen molar-refractivity contribution in [3.05, 3.63) is 69.2 Å². The summed E-state index contributed by atoms with van der Waals surface area (Å²) in [6.45, 7) is 7.94. The third-order valence-corrected chi connectivity index (χ3v) is 10.6. The minimum atomic E-state index is -0.999. The lowest BCUT2D eigenvalue weighted by molar-refractivity contribution is -0.142. The number of para-hydroxylation sites is 1. The van der Waals surface area contributed by atoms with Crippen molar-refractivity contribution in [1.82, 2.24) is 34.6 Å². The summed E-state index contributed by atoms with van der Waals surface area (Å²) in [6, 6.07) is 11.7. The largest absolute Gasteiger partial charge is 0.436 e. The van der Waals surface area contributed by atoms with Crippen molar-refractivity contribution in [3.8, 4) is 0 Å². The van der Waals surface area contributed by atoms with Crippen LogP contribution in [-0.4, -0.2) is 106 Å². The number of aryl methyl sites for hydroxylation is 1. The van der Waals surface area contributed by atoms with E-state index in [-0.39, 0.29) is 24.1 Å². The van der Waals surface area contributed by atoms with Crippen molar-refractivity contribution < 1.29 is 14.3 Å². The number of carbonyl (C=O) groups is 2. The lowest BCUT2D eigenvalue weighted by Gasteiger charge is -2.41. The summed E-state index contributed by atoms with van der Waals surface area (Å²) in [5, 5.41) is 4.72. The normalized spacial score (nSPS) is 19.2. The summed E-state index contributed by atoms with van der Waals surface area (Å²) in [5.74, 6) is -0.187. The van der Waals surface area contributed by atoms with Gasteiger partial charge in [0.1, 0.15) is 0 Å². The predicted molar refractivity (Wildman–Crippen MR) is 186 cm³/mol. The topological polar surface area (TPSA) is 142 Å². The van der Waals surface area contributed by atoms with Crippen LogP contribution in [-0.2, 0) is 16.0 Å². The maximum atomic E-state index is 14.0. The second kappa shape index (κ2) is 13.8. The van der Waals surface area contributed by atoms with Crippen molar-refractivity contribution >= 4 is 51.2 Å². The summed E-state index contributed by atoms with van der Waals surface area (Å²) < 4.78 is 7.81. The number of fused-ring (bicyclic) bond motifs is 3. The number of piperidine rings is 2. The molecule has 4 aromatic rings. The number of aromatic nitrogens is 3. The molecule has 3 aliphatic heterocycles. The molecule has 0 saturated carbocycles. The number of halogens is 1. The number of hydrogen-bond acceptors (Lipinski definition) is 8. The number of benzene rings is 2. The van der Waals surface area contributed by atoms with Gasteiger partial charge in [0, 0.05) is 76.2 Å². The van der Waals surface area contributed by atoms with E-state index in [0.717, 1.165) is 72.1 Å². The van der Waals surface area contributed by atoms with E-state index in [0.29, 0.717) is 55.8 Å². The Balaban J connectivity index is 1.04. The molecule has 0 bridgehead atoms. The lowest BCUT2D eigenvalue weighted by Crippen LogP contribution is -2.54. The first-order valence-corrected chi connectivity index (χ1v) is 17.4. The summed E-state index contributed by atoms with van der Waals surface area (Å²) in [6.07, 6.45) is 3.34. The van der Waals surface area contributed by atoms with E-state index in [1.54, 1.807) is 21.7 Å². The molecule has 3 saturated heterocycles. The van der Waals surface area contributed by atoms with Gasteiger partial charge in [0.05, 0.1) is 33.5 Å². The van der Waals surface area contributed by atoms with Crippen molar-refractivity contribution in [2.45, 2.75) is 57.2 Å².